The van der Waals surface area contributed by atoms with E-state index in [1.807, 2.05) is 6.07 Å². The van der Waals surface area contributed by atoms with E-state index in [0.717, 1.165) is 31.2 Å². The number of hydrogen-bond acceptors (Lipinski definition) is 3. The Balaban J connectivity index is 1.78. The molecule has 0 atom stereocenters. The van der Waals surface area contributed by atoms with Crippen molar-refractivity contribution in [1.82, 2.24) is 5.32 Å². The number of alkyl halides is 3. The van der Waals surface area contributed by atoms with Crippen LogP contribution in [-0.4, -0.2) is 23.7 Å². The number of ether oxygens (including phenoxy) is 1. The van der Waals surface area contributed by atoms with Crippen LogP contribution in [-0.2, 0) is 17.5 Å². The SMILES string of the molecule is C[C@H]1CC[C@@H](Oc2ccc3c(CNCCCCC(=O)O)cccc3c2C(F)(F)F)CC1. The summed E-state index contributed by atoms with van der Waals surface area (Å²) in [6, 6.07) is 8.14. The number of halogens is 3. The van der Waals surface area contributed by atoms with Gasteiger partial charge in [-0.05, 0) is 73.4 Å². The summed E-state index contributed by atoms with van der Waals surface area (Å²) in [5.74, 6) is -0.314. The number of unbranched alkanes of at least 4 members (excludes halogenated alkanes) is 1. The smallest absolute Gasteiger partial charge is 0.420 e. The highest BCUT2D eigenvalue weighted by molar-refractivity contribution is 5.91. The second-order valence-electron chi connectivity index (χ2n) is 8.48. The predicted octanol–water partition coefficient (Wildman–Crippen LogP) is 6.16. The number of nitrogens with one attached hydrogen (secondary N) is 1. The third kappa shape index (κ3) is 6.35. The van der Waals surface area contributed by atoms with Gasteiger partial charge in [0, 0.05) is 13.0 Å². The summed E-state index contributed by atoms with van der Waals surface area (Å²) in [7, 11) is 0. The lowest BCUT2D eigenvalue weighted by molar-refractivity contribution is -0.138. The number of aliphatic carboxylic acids is 1. The van der Waals surface area contributed by atoms with Crippen molar-refractivity contribution < 1.29 is 27.8 Å². The van der Waals surface area contributed by atoms with Crippen LogP contribution in [0.2, 0.25) is 0 Å². The molecule has 7 heteroatoms. The van der Waals surface area contributed by atoms with Gasteiger partial charge in [0.25, 0.3) is 0 Å². The summed E-state index contributed by atoms with van der Waals surface area (Å²) in [5, 5.41) is 12.6. The molecular weight excluding hydrogens is 407 g/mol. The lowest BCUT2D eigenvalue weighted by atomic mass is 9.89. The van der Waals surface area contributed by atoms with Gasteiger partial charge in [-0.15, -0.1) is 0 Å². The fraction of sp³-hybridized carbons (Fsp3) is 0.542. The molecule has 0 aromatic heterocycles. The van der Waals surface area contributed by atoms with E-state index in [9.17, 15) is 18.0 Å². The van der Waals surface area contributed by atoms with Gasteiger partial charge in [0.1, 0.15) is 11.3 Å². The molecule has 31 heavy (non-hydrogen) atoms. The molecule has 0 heterocycles. The van der Waals surface area contributed by atoms with Gasteiger partial charge in [-0.3, -0.25) is 4.79 Å². The first kappa shape index (κ1) is 23.4. The van der Waals surface area contributed by atoms with Crippen LogP contribution in [0.15, 0.2) is 30.3 Å². The van der Waals surface area contributed by atoms with Crippen molar-refractivity contribution in [3.8, 4) is 5.75 Å². The van der Waals surface area contributed by atoms with Gasteiger partial charge < -0.3 is 15.2 Å². The van der Waals surface area contributed by atoms with Gasteiger partial charge in [-0.1, -0.05) is 31.2 Å². The number of carboxylic acids is 1. The Morgan fingerprint density at radius 2 is 1.84 bits per heavy atom. The maximum absolute atomic E-state index is 14.0. The van der Waals surface area contributed by atoms with Crippen LogP contribution in [0.5, 0.6) is 5.75 Å². The highest BCUT2D eigenvalue weighted by atomic mass is 19.4. The minimum absolute atomic E-state index is 0.0849. The van der Waals surface area contributed by atoms with Crippen molar-refractivity contribution in [2.45, 2.75) is 70.7 Å². The minimum Gasteiger partial charge on any atom is -0.490 e. The molecule has 1 saturated carbocycles. The maximum atomic E-state index is 14.0. The number of benzene rings is 2. The van der Waals surface area contributed by atoms with Crippen molar-refractivity contribution in [3.05, 3.63) is 41.5 Å². The number of hydrogen-bond donors (Lipinski definition) is 2. The molecule has 0 spiro atoms. The molecule has 1 fully saturated rings. The molecule has 1 aliphatic carbocycles. The third-order valence-corrected chi connectivity index (χ3v) is 5.96. The molecule has 0 radical (unpaired) electrons. The van der Waals surface area contributed by atoms with E-state index in [-0.39, 0.29) is 23.7 Å². The molecule has 0 bridgehead atoms. The Morgan fingerprint density at radius 1 is 1.10 bits per heavy atom. The zero-order chi connectivity index (χ0) is 22.4. The van der Waals surface area contributed by atoms with E-state index < -0.39 is 17.7 Å². The minimum atomic E-state index is -4.51. The summed E-state index contributed by atoms with van der Waals surface area (Å²) >= 11 is 0. The number of rotatable bonds is 9. The molecule has 1 aliphatic rings. The van der Waals surface area contributed by atoms with Gasteiger partial charge >= 0.3 is 12.1 Å². The molecule has 4 nitrogen and oxygen atoms in total. The third-order valence-electron chi connectivity index (χ3n) is 5.96. The fourth-order valence-corrected chi connectivity index (χ4v) is 4.22. The fourth-order valence-electron chi connectivity index (χ4n) is 4.22. The summed E-state index contributed by atoms with van der Waals surface area (Å²) in [5.41, 5.74) is 0.0752. The van der Waals surface area contributed by atoms with E-state index in [4.69, 9.17) is 9.84 Å². The van der Waals surface area contributed by atoms with Crippen molar-refractivity contribution >= 4 is 16.7 Å². The highest BCUT2D eigenvalue weighted by Gasteiger charge is 2.37. The predicted molar refractivity (Wildman–Crippen MR) is 114 cm³/mol. The van der Waals surface area contributed by atoms with Gasteiger partial charge in [0.15, 0.2) is 0 Å². The Labute approximate surface area is 180 Å². The molecule has 0 aliphatic heterocycles. The van der Waals surface area contributed by atoms with Crippen molar-refractivity contribution in [1.29, 1.82) is 0 Å². The average Bonchev–Trinajstić information content (AvgIpc) is 2.71. The number of carboxylic acid groups (broad SMARTS) is 1. The monoisotopic (exact) mass is 437 g/mol. The lowest BCUT2D eigenvalue weighted by Crippen LogP contribution is -2.24. The van der Waals surface area contributed by atoms with E-state index in [1.54, 1.807) is 12.1 Å². The maximum Gasteiger partial charge on any atom is 0.420 e. The molecular formula is C24H30F3NO3. The van der Waals surface area contributed by atoms with Crippen molar-refractivity contribution in [3.63, 3.8) is 0 Å². The zero-order valence-electron chi connectivity index (χ0n) is 17.8. The molecule has 2 N–H and O–H groups in total. The number of carbonyl (C=O) groups is 1. The van der Waals surface area contributed by atoms with Crippen LogP contribution in [0, 0.1) is 5.92 Å². The van der Waals surface area contributed by atoms with Gasteiger partial charge in [-0.2, -0.15) is 13.2 Å². The quantitative estimate of drug-likeness (QED) is 0.461. The topological polar surface area (TPSA) is 58.6 Å². The van der Waals surface area contributed by atoms with Crippen LogP contribution >= 0.6 is 0 Å². The normalized spacial score (nSPS) is 19.5. The summed E-state index contributed by atoms with van der Waals surface area (Å²) in [4.78, 5) is 10.6. The van der Waals surface area contributed by atoms with Crippen LogP contribution < -0.4 is 10.1 Å². The van der Waals surface area contributed by atoms with E-state index in [0.29, 0.717) is 37.2 Å². The van der Waals surface area contributed by atoms with E-state index in [1.165, 1.54) is 12.1 Å². The molecule has 0 unspecified atom stereocenters. The summed E-state index contributed by atoms with van der Waals surface area (Å²) in [6.07, 6.45) is 0.201. The zero-order valence-corrected chi connectivity index (χ0v) is 17.8. The lowest BCUT2D eigenvalue weighted by Gasteiger charge is -2.28. The van der Waals surface area contributed by atoms with Gasteiger partial charge in [0.2, 0.25) is 0 Å². The summed E-state index contributed by atoms with van der Waals surface area (Å²) in [6.45, 7) is 3.19. The van der Waals surface area contributed by atoms with E-state index in [2.05, 4.69) is 12.2 Å². The molecule has 2 aromatic rings. The van der Waals surface area contributed by atoms with Crippen LogP contribution in [0.3, 0.4) is 0 Å². The molecule has 0 saturated heterocycles. The Bertz CT molecular complexity index is 890. The van der Waals surface area contributed by atoms with Crippen molar-refractivity contribution in [2.75, 3.05) is 6.54 Å². The molecule has 3 rings (SSSR count). The van der Waals surface area contributed by atoms with Crippen LogP contribution in [0.4, 0.5) is 13.2 Å². The first-order valence-electron chi connectivity index (χ1n) is 11.0. The Kier molecular flexibility index (Phi) is 7.81. The van der Waals surface area contributed by atoms with Gasteiger partial charge in [0.05, 0.1) is 6.10 Å². The van der Waals surface area contributed by atoms with Crippen molar-refractivity contribution in [2.24, 2.45) is 5.92 Å². The molecule has 0 amide bonds. The number of fused-ring (bicyclic) bond motifs is 1. The van der Waals surface area contributed by atoms with E-state index >= 15 is 0 Å². The molecule has 2 aromatic carbocycles. The average molecular weight is 438 g/mol. The van der Waals surface area contributed by atoms with Gasteiger partial charge in [-0.25, -0.2) is 0 Å². The first-order chi connectivity index (χ1) is 14.8. The Morgan fingerprint density at radius 3 is 2.52 bits per heavy atom. The largest absolute Gasteiger partial charge is 0.490 e. The second-order valence-corrected chi connectivity index (χ2v) is 8.48. The highest BCUT2D eigenvalue weighted by Crippen LogP contribution is 2.43. The van der Waals surface area contributed by atoms with Crippen LogP contribution in [0.25, 0.3) is 10.8 Å². The first-order valence-corrected chi connectivity index (χ1v) is 11.0. The Hall–Kier alpha value is -2.28. The molecule has 170 valence electrons. The summed E-state index contributed by atoms with van der Waals surface area (Å²) < 4.78 is 48.0. The van der Waals surface area contributed by atoms with Crippen LogP contribution in [0.1, 0.15) is 63.0 Å². The standard InChI is InChI=1S/C24H30F3NO3/c1-16-8-10-18(11-9-16)31-21-13-12-19-17(15-28-14-3-2-7-22(29)30)5-4-6-20(19)23(21)24(25,26)27/h4-6,12-13,16,18,28H,2-3,7-11,14-15H2,1H3,(H,29,30)/t16-,18+. The second kappa shape index (κ2) is 10.4.